The van der Waals surface area contributed by atoms with Crippen LogP contribution in [0.1, 0.15) is 56.2 Å². The summed E-state index contributed by atoms with van der Waals surface area (Å²) in [5.74, 6) is 0.723. The summed E-state index contributed by atoms with van der Waals surface area (Å²) >= 11 is 0. The Hall–Kier alpha value is -2.13. The maximum Gasteiger partial charge on any atom is 0.416 e. The molecule has 4 aliphatic carbocycles. The first-order chi connectivity index (χ1) is 16.1. The van der Waals surface area contributed by atoms with Gasteiger partial charge in [-0.05, 0) is 74.5 Å². The van der Waals surface area contributed by atoms with E-state index in [0.717, 1.165) is 49.8 Å². The number of carbonyl (C=O) groups excluding carboxylic acids is 2. The second-order valence-corrected chi connectivity index (χ2v) is 10.8. The van der Waals surface area contributed by atoms with Gasteiger partial charge in [0, 0.05) is 30.6 Å². The van der Waals surface area contributed by atoms with Crippen LogP contribution in [0.2, 0.25) is 0 Å². The van der Waals surface area contributed by atoms with Crippen molar-refractivity contribution in [1.29, 1.82) is 0 Å². The molecule has 1 heterocycles. The van der Waals surface area contributed by atoms with E-state index in [1.165, 1.54) is 12.1 Å². The molecule has 0 aromatic heterocycles. The summed E-state index contributed by atoms with van der Waals surface area (Å²) in [6.45, 7) is 3.30. The van der Waals surface area contributed by atoms with E-state index in [4.69, 9.17) is 10.5 Å². The maximum atomic E-state index is 13.2. The fraction of sp³-hybridized carbons (Fsp3) is 0.680. The second-order valence-electron chi connectivity index (χ2n) is 10.8. The van der Waals surface area contributed by atoms with Crippen LogP contribution in [0, 0.1) is 23.2 Å². The fourth-order valence-corrected chi connectivity index (χ4v) is 7.16. The molecule has 1 aliphatic heterocycles. The molecule has 4 saturated carbocycles. The van der Waals surface area contributed by atoms with Crippen molar-refractivity contribution in [3.05, 3.63) is 35.4 Å². The number of benzene rings is 1. The first-order valence-corrected chi connectivity index (χ1v) is 12.2. The van der Waals surface area contributed by atoms with Gasteiger partial charge in [-0.1, -0.05) is 12.1 Å². The summed E-state index contributed by atoms with van der Waals surface area (Å²) in [6, 6.07) is 5.10. The van der Waals surface area contributed by atoms with Crippen LogP contribution >= 0.6 is 0 Å². The highest BCUT2D eigenvalue weighted by atomic mass is 19.4. The minimum Gasteiger partial charge on any atom is -0.369 e. The van der Waals surface area contributed by atoms with Crippen molar-refractivity contribution < 1.29 is 27.5 Å². The Bertz CT molecular complexity index is 935. The second kappa shape index (κ2) is 8.52. The number of hydrogen-bond donors (Lipinski definition) is 2. The number of nitrogens with two attached hydrogens (primary N) is 1. The molecule has 34 heavy (non-hydrogen) atoms. The lowest BCUT2D eigenvalue weighted by atomic mass is 9.47. The summed E-state index contributed by atoms with van der Waals surface area (Å²) in [5, 5.41) is 3.24. The Kier molecular flexibility index (Phi) is 5.91. The van der Waals surface area contributed by atoms with Gasteiger partial charge in [0.15, 0.2) is 0 Å². The average molecular weight is 480 g/mol. The third kappa shape index (κ3) is 4.21. The van der Waals surface area contributed by atoms with Crippen LogP contribution in [0.3, 0.4) is 0 Å². The zero-order chi connectivity index (χ0) is 24.3. The van der Waals surface area contributed by atoms with Gasteiger partial charge in [-0.2, -0.15) is 13.2 Å². The van der Waals surface area contributed by atoms with Crippen molar-refractivity contribution in [2.75, 3.05) is 19.7 Å². The molecule has 6 nitrogen and oxygen atoms in total. The average Bonchev–Trinajstić information content (AvgIpc) is 2.80. The molecule has 1 aromatic carbocycles. The van der Waals surface area contributed by atoms with Gasteiger partial charge < -0.3 is 15.8 Å². The van der Waals surface area contributed by atoms with Gasteiger partial charge in [-0.15, -0.1) is 0 Å². The Labute approximate surface area is 197 Å². The molecule has 9 heteroatoms. The first kappa shape index (κ1) is 23.6. The number of ether oxygens (including phenoxy) is 1. The highest BCUT2D eigenvalue weighted by Gasteiger charge is 2.58. The van der Waals surface area contributed by atoms with Crippen molar-refractivity contribution in [3.63, 3.8) is 0 Å². The van der Waals surface area contributed by atoms with Crippen LogP contribution < -0.4 is 11.1 Å². The molecule has 5 aliphatic rings. The number of carbonyl (C=O) groups is 2. The van der Waals surface area contributed by atoms with E-state index in [0.29, 0.717) is 25.6 Å². The lowest BCUT2D eigenvalue weighted by Crippen LogP contribution is -2.63. The number of halogens is 3. The van der Waals surface area contributed by atoms with Crippen LogP contribution in [0.5, 0.6) is 0 Å². The summed E-state index contributed by atoms with van der Waals surface area (Å²) in [6.07, 6.45) is -0.547. The molecule has 1 aromatic rings. The lowest BCUT2D eigenvalue weighted by molar-refractivity contribution is -0.152. The highest BCUT2D eigenvalue weighted by Crippen LogP contribution is 2.59. The van der Waals surface area contributed by atoms with Gasteiger partial charge in [0.2, 0.25) is 5.91 Å². The van der Waals surface area contributed by atoms with E-state index >= 15 is 0 Å². The van der Waals surface area contributed by atoms with Crippen LogP contribution in [0.15, 0.2) is 24.3 Å². The van der Waals surface area contributed by atoms with Crippen molar-refractivity contribution in [3.8, 4) is 0 Å². The van der Waals surface area contributed by atoms with Crippen LogP contribution in [0.25, 0.3) is 0 Å². The number of rotatable bonds is 5. The van der Waals surface area contributed by atoms with Gasteiger partial charge in [-0.25, -0.2) is 0 Å². The van der Waals surface area contributed by atoms with Gasteiger partial charge >= 0.3 is 6.18 Å². The smallest absolute Gasteiger partial charge is 0.369 e. The van der Waals surface area contributed by atoms with Crippen molar-refractivity contribution in [2.45, 2.75) is 63.4 Å². The molecule has 6 rings (SSSR count). The normalized spacial score (nSPS) is 36.3. The van der Waals surface area contributed by atoms with Crippen molar-refractivity contribution >= 4 is 11.8 Å². The van der Waals surface area contributed by atoms with E-state index in [1.54, 1.807) is 0 Å². The summed E-state index contributed by atoms with van der Waals surface area (Å²) < 4.78 is 44.4. The van der Waals surface area contributed by atoms with E-state index in [1.807, 2.05) is 6.92 Å². The zero-order valence-corrected chi connectivity index (χ0v) is 19.3. The summed E-state index contributed by atoms with van der Waals surface area (Å²) in [5.41, 5.74) is 5.47. The van der Waals surface area contributed by atoms with Crippen LogP contribution in [-0.4, -0.2) is 48.6 Å². The predicted molar refractivity (Wildman–Crippen MR) is 118 cm³/mol. The number of nitrogens with one attached hydrogen (secondary N) is 1. The van der Waals surface area contributed by atoms with Crippen molar-refractivity contribution in [1.82, 2.24) is 10.2 Å². The van der Waals surface area contributed by atoms with Gasteiger partial charge in [0.05, 0.1) is 12.2 Å². The van der Waals surface area contributed by atoms with Gasteiger partial charge in [0.1, 0.15) is 6.10 Å². The molecule has 186 valence electrons. The number of morpholine rings is 1. The third-order valence-electron chi connectivity index (χ3n) is 8.76. The molecular formula is C25H32F3N3O3. The topological polar surface area (TPSA) is 84.7 Å². The van der Waals surface area contributed by atoms with E-state index in [2.05, 4.69) is 10.2 Å². The SMILES string of the molecule is CC(c1ccc(C(F)(F)F)cc1)N1CCOC(C(=O)NC2C3CC4CC2CC(C(N)=O)(C4)C3)C1. The monoisotopic (exact) mass is 479 g/mol. The number of nitrogens with zero attached hydrogens (tertiary/aromatic N) is 1. The molecule has 0 radical (unpaired) electrons. The largest absolute Gasteiger partial charge is 0.416 e. The minimum absolute atomic E-state index is 0.0443. The molecule has 1 saturated heterocycles. The Morgan fingerprint density at radius 1 is 1.15 bits per heavy atom. The standard InChI is InChI=1S/C25H32F3N3O3/c1-14(16-2-4-19(5-3-16)25(26,27)28)31-6-7-34-20(13-31)22(32)30-21-17-8-15-9-18(21)12-24(10-15,11-17)23(29)33/h2-5,14-15,17-18,20-21H,6-13H2,1H3,(H2,29,33)(H,30,32). The lowest BCUT2D eigenvalue weighted by Gasteiger charge is -2.59. The van der Waals surface area contributed by atoms with Gasteiger partial charge in [-0.3, -0.25) is 14.5 Å². The number of amides is 2. The summed E-state index contributed by atoms with van der Waals surface area (Å²) in [4.78, 5) is 27.4. The Morgan fingerprint density at radius 2 is 1.79 bits per heavy atom. The zero-order valence-electron chi connectivity index (χ0n) is 19.3. The number of primary amides is 1. The molecule has 5 fully saturated rings. The van der Waals surface area contributed by atoms with E-state index in [-0.39, 0.29) is 35.7 Å². The van der Waals surface area contributed by atoms with Gasteiger partial charge in [0.25, 0.3) is 5.91 Å². The molecule has 0 spiro atoms. The molecule has 4 bridgehead atoms. The molecule has 2 amide bonds. The maximum absolute atomic E-state index is 13.2. The number of alkyl halides is 3. The fourth-order valence-electron chi connectivity index (χ4n) is 7.16. The first-order valence-electron chi connectivity index (χ1n) is 12.2. The quantitative estimate of drug-likeness (QED) is 0.679. The van der Waals surface area contributed by atoms with Crippen LogP contribution in [0.4, 0.5) is 13.2 Å². The van der Waals surface area contributed by atoms with E-state index in [9.17, 15) is 22.8 Å². The third-order valence-corrected chi connectivity index (χ3v) is 8.76. The predicted octanol–water partition coefficient (Wildman–Crippen LogP) is 3.26. The molecular weight excluding hydrogens is 447 g/mol. The molecule has 4 unspecified atom stereocenters. The van der Waals surface area contributed by atoms with Crippen molar-refractivity contribution in [2.24, 2.45) is 28.9 Å². The minimum atomic E-state index is -4.36. The Morgan fingerprint density at radius 3 is 2.38 bits per heavy atom. The summed E-state index contributed by atoms with van der Waals surface area (Å²) in [7, 11) is 0. The number of hydrogen-bond acceptors (Lipinski definition) is 4. The molecule has 3 N–H and O–H groups in total. The Balaban J connectivity index is 1.22. The van der Waals surface area contributed by atoms with Crippen LogP contribution in [-0.2, 0) is 20.5 Å². The highest BCUT2D eigenvalue weighted by molar-refractivity contribution is 5.83. The van der Waals surface area contributed by atoms with E-state index < -0.39 is 23.3 Å². The molecule has 4 atom stereocenters.